The number of hydrogen-bond acceptors (Lipinski definition) is 4. The van der Waals surface area contributed by atoms with E-state index in [1.54, 1.807) is 11.8 Å². The zero-order valence-electron chi connectivity index (χ0n) is 15.2. The molecule has 0 aliphatic carbocycles. The molecule has 4 nitrogen and oxygen atoms in total. The lowest BCUT2D eigenvalue weighted by Crippen LogP contribution is -2.29. The van der Waals surface area contributed by atoms with Crippen molar-refractivity contribution in [3.8, 4) is 5.75 Å². The third kappa shape index (κ3) is 7.28. The first kappa shape index (κ1) is 22.4. The van der Waals surface area contributed by atoms with Gasteiger partial charge in [0.15, 0.2) is 0 Å². The molecule has 1 unspecified atom stereocenters. The molecule has 0 saturated carbocycles. The maximum atomic E-state index is 12.7. The number of rotatable bonds is 9. The molecule has 0 radical (unpaired) electrons. The molecule has 2 aromatic carbocycles. The van der Waals surface area contributed by atoms with Crippen LogP contribution in [0.25, 0.3) is 0 Å². The lowest BCUT2D eigenvalue weighted by Gasteiger charge is -2.20. The molecule has 1 amide bonds. The van der Waals surface area contributed by atoms with Crippen LogP contribution in [0.1, 0.15) is 19.4 Å². The van der Waals surface area contributed by atoms with Crippen LogP contribution >= 0.6 is 24.2 Å². The van der Waals surface area contributed by atoms with Crippen molar-refractivity contribution in [2.75, 3.05) is 18.5 Å². The van der Waals surface area contributed by atoms with Crippen molar-refractivity contribution in [2.45, 2.75) is 24.9 Å². The van der Waals surface area contributed by atoms with E-state index < -0.39 is 0 Å². The van der Waals surface area contributed by atoms with Crippen molar-refractivity contribution in [1.82, 2.24) is 0 Å². The highest BCUT2D eigenvalue weighted by molar-refractivity contribution is 7.99. The second-order valence-corrected chi connectivity index (χ2v) is 7.24. The van der Waals surface area contributed by atoms with E-state index in [1.165, 1.54) is 5.56 Å². The Hall–Kier alpha value is -1.69. The van der Waals surface area contributed by atoms with Gasteiger partial charge in [-0.15, -0.1) is 24.2 Å². The number of benzene rings is 2. The summed E-state index contributed by atoms with van der Waals surface area (Å²) >= 11 is 1.67. The van der Waals surface area contributed by atoms with Crippen molar-refractivity contribution in [3.05, 3.63) is 60.2 Å². The number of amides is 1. The predicted octanol–water partition coefficient (Wildman–Crippen LogP) is 4.34. The SMILES string of the molecule is CC(C)C(SCc1ccccc1)C(=O)Nc1ccc(OCCN)cc1.Cl. The van der Waals surface area contributed by atoms with Gasteiger partial charge in [-0.1, -0.05) is 44.2 Å². The van der Waals surface area contributed by atoms with E-state index in [1.807, 2.05) is 42.5 Å². The Morgan fingerprint density at radius 2 is 1.77 bits per heavy atom. The smallest absolute Gasteiger partial charge is 0.237 e. The first-order valence-corrected chi connectivity index (χ1v) is 9.54. The van der Waals surface area contributed by atoms with Crippen molar-refractivity contribution in [3.63, 3.8) is 0 Å². The number of thioether (sulfide) groups is 1. The number of halogens is 1. The highest BCUT2D eigenvalue weighted by Crippen LogP contribution is 2.25. The molecule has 0 bridgehead atoms. The normalized spacial score (nSPS) is 11.5. The average Bonchev–Trinajstić information content (AvgIpc) is 2.62. The fourth-order valence-electron chi connectivity index (χ4n) is 2.36. The van der Waals surface area contributed by atoms with Crippen LogP contribution in [0.4, 0.5) is 5.69 Å². The van der Waals surface area contributed by atoms with E-state index in [9.17, 15) is 4.79 Å². The molecular weight excluding hydrogens is 368 g/mol. The van der Waals surface area contributed by atoms with Gasteiger partial charge in [0.1, 0.15) is 12.4 Å². The van der Waals surface area contributed by atoms with Gasteiger partial charge in [0.25, 0.3) is 0 Å². The van der Waals surface area contributed by atoms with Crippen LogP contribution < -0.4 is 15.8 Å². The van der Waals surface area contributed by atoms with Gasteiger partial charge in [0.2, 0.25) is 5.91 Å². The van der Waals surface area contributed by atoms with Gasteiger partial charge < -0.3 is 15.8 Å². The van der Waals surface area contributed by atoms with Gasteiger partial charge in [-0.25, -0.2) is 0 Å². The first-order valence-electron chi connectivity index (χ1n) is 8.49. The molecule has 0 aliphatic heterocycles. The molecule has 26 heavy (non-hydrogen) atoms. The molecule has 3 N–H and O–H groups in total. The van der Waals surface area contributed by atoms with Gasteiger partial charge in [0.05, 0.1) is 5.25 Å². The summed E-state index contributed by atoms with van der Waals surface area (Å²) in [6, 6.07) is 17.6. The molecule has 0 aliphatic rings. The van der Waals surface area contributed by atoms with Crippen molar-refractivity contribution >= 4 is 35.8 Å². The van der Waals surface area contributed by atoms with Crippen molar-refractivity contribution in [2.24, 2.45) is 11.7 Å². The molecule has 0 fully saturated rings. The largest absolute Gasteiger partial charge is 0.492 e. The lowest BCUT2D eigenvalue weighted by atomic mass is 10.1. The van der Waals surface area contributed by atoms with Gasteiger partial charge in [-0.05, 0) is 35.7 Å². The minimum atomic E-state index is -0.103. The first-order chi connectivity index (χ1) is 12.1. The Morgan fingerprint density at radius 1 is 1.12 bits per heavy atom. The highest BCUT2D eigenvalue weighted by atomic mass is 35.5. The Balaban J connectivity index is 0.00000338. The van der Waals surface area contributed by atoms with Gasteiger partial charge in [-0.2, -0.15) is 0 Å². The van der Waals surface area contributed by atoms with Gasteiger partial charge in [-0.3, -0.25) is 4.79 Å². The van der Waals surface area contributed by atoms with Crippen LogP contribution in [0, 0.1) is 5.92 Å². The van der Waals surface area contributed by atoms with Crippen LogP contribution in [0.2, 0.25) is 0 Å². The zero-order valence-corrected chi connectivity index (χ0v) is 16.8. The lowest BCUT2D eigenvalue weighted by molar-refractivity contribution is -0.116. The monoisotopic (exact) mass is 394 g/mol. The molecule has 0 heterocycles. The number of nitrogens with one attached hydrogen (secondary N) is 1. The molecule has 0 saturated heterocycles. The zero-order chi connectivity index (χ0) is 18.1. The summed E-state index contributed by atoms with van der Waals surface area (Å²) in [4.78, 5) is 12.7. The van der Waals surface area contributed by atoms with Crippen molar-refractivity contribution < 1.29 is 9.53 Å². The summed E-state index contributed by atoms with van der Waals surface area (Å²) < 4.78 is 5.45. The van der Waals surface area contributed by atoms with Crippen LogP contribution in [-0.4, -0.2) is 24.3 Å². The summed E-state index contributed by atoms with van der Waals surface area (Å²) in [5, 5.41) is 2.90. The summed E-state index contributed by atoms with van der Waals surface area (Å²) in [6.07, 6.45) is 0. The average molecular weight is 395 g/mol. The van der Waals surface area contributed by atoms with E-state index in [4.69, 9.17) is 10.5 Å². The maximum absolute atomic E-state index is 12.7. The highest BCUT2D eigenvalue weighted by Gasteiger charge is 2.22. The second kappa shape index (κ2) is 11.8. The van der Waals surface area contributed by atoms with Crippen LogP contribution in [-0.2, 0) is 10.5 Å². The summed E-state index contributed by atoms with van der Waals surface area (Å²) in [6.45, 7) is 5.11. The van der Waals surface area contributed by atoms with Gasteiger partial charge in [0, 0.05) is 18.0 Å². The topological polar surface area (TPSA) is 64.3 Å². The summed E-state index contributed by atoms with van der Waals surface area (Å²) in [5.41, 5.74) is 7.42. The Labute approximate surface area is 166 Å². The maximum Gasteiger partial charge on any atom is 0.237 e. The van der Waals surface area contributed by atoms with E-state index >= 15 is 0 Å². The Morgan fingerprint density at radius 3 is 2.35 bits per heavy atom. The molecule has 1 atom stereocenters. The van der Waals surface area contributed by atoms with E-state index in [0.29, 0.717) is 13.2 Å². The fourth-order valence-corrected chi connectivity index (χ4v) is 3.52. The molecule has 0 spiro atoms. The number of carbonyl (C=O) groups excluding carboxylic acids is 1. The Kier molecular flexibility index (Phi) is 10.2. The second-order valence-electron chi connectivity index (χ2n) is 6.11. The van der Waals surface area contributed by atoms with Crippen molar-refractivity contribution in [1.29, 1.82) is 0 Å². The van der Waals surface area contributed by atoms with Crippen LogP contribution in [0.15, 0.2) is 54.6 Å². The van der Waals surface area contributed by atoms with Crippen LogP contribution in [0.5, 0.6) is 5.75 Å². The number of anilines is 1. The Bertz CT molecular complexity index is 651. The van der Waals surface area contributed by atoms with Gasteiger partial charge >= 0.3 is 0 Å². The molecule has 2 aromatic rings. The number of nitrogens with two attached hydrogens (primary N) is 1. The van der Waals surface area contributed by atoms with Crippen LogP contribution in [0.3, 0.4) is 0 Å². The minimum Gasteiger partial charge on any atom is -0.492 e. The molecule has 6 heteroatoms. The van der Waals surface area contributed by atoms with E-state index in [-0.39, 0.29) is 29.5 Å². The molecule has 142 valence electrons. The summed E-state index contributed by atoms with van der Waals surface area (Å²) in [7, 11) is 0. The third-order valence-electron chi connectivity index (χ3n) is 3.64. The standard InChI is InChI=1S/C20H26N2O2S.ClH/c1-15(2)19(25-14-16-6-4-3-5-7-16)20(23)22-17-8-10-18(11-9-17)24-13-12-21;/h3-11,15,19H,12-14,21H2,1-2H3,(H,22,23);1H. The van der Waals surface area contributed by atoms with E-state index in [2.05, 4.69) is 31.3 Å². The molecule has 2 rings (SSSR count). The predicted molar refractivity (Wildman–Crippen MR) is 113 cm³/mol. The fraction of sp³-hybridized carbons (Fsp3) is 0.350. The number of ether oxygens (including phenoxy) is 1. The quantitative estimate of drug-likeness (QED) is 0.663. The minimum absolute atomic E-state index is 0. The molecule has 0 aromatic heterocycles. The third-order valence-corrected chi connectivity index (χ3v) is 5.26. The summed E-state index contributed by atoms with van der Waals surface area (Å²) in [5.74, 6) is 1.86. The van der Waals surface area contributed by atoms with E-state index in [0.717, 1.165) is 17.2 Å². The number of carbonyl (C=O) groups is 1. The number of hydrogen-bond donors (Lipinski definition) is 2. The molecular formula is C20H27ClN2O2S.